The first kappa shape index (κ1) is 20.7. The van der Waals surface area contributed by atoms with Gasteiger partial charge in [0.1, 0.15) is 0 Å². The smallest absolute Gasteiger partial charge is 0.00773 e. The van der Waals surface area contributed by atoms with Gasteiger partial charge in [0.2, 0.25) is 0 Å². The van der Waals surface area contributed by atoms with Crippen LogP contribution in [0.5, 0.6) is 0 Å². The van der Waals surface area contributed by atoms with Gasteiger partial charge in [-0.1, -0.05) is 89.7 Å². The summed E-state index contributed by atoms with van der Waals surface area (Å²) in [4.78, 5) is 0. The molecule has 0 fully saturated rings. The number of unbranched alkanes of at least 4 members (excludes halogenated alkanes) is 14. The Bertz CT molecular complexity index is 198. The summed E-state index contributed by atoms with van der Waals surface area (Å²) in [6.07, 6.45) is 26.9. The maximum Gasteiger partial charge on any atom is -0.00773 e. The Morgan fingerprint density at radius 1 is 0.524 bits per heavy atom. The van der Waals surface area contributed by atoms with Gasteiger partial charge in [-0.25, -0.2) is 0 Å². The number of hydrogen-bond donors (Lipinski definition) is 1. The number of nitrogens with two attached hydrogens (primary N) is 1. The van der Waals surface area contributed by atoms with Crippen molar-refractivity contribution in [3.63, 3.8) is 0 Å². The van der Waals surface area contributed by atoms with Crippen LogP contribution < -0.4 is 5.73 Å². The zero-order valence-corrected chi connectivity index (χ0v) is 14.8. The molecule has 0 aromatic rings. The first-order chi connectivity index (χ1) is 10.4. The Kier molecular flexibility index (Phi) is 19.4. The van der Waals surface area contributed by atoms with Crippen LogP contribution in [0.15, 0.2) is 12.2 Å². The van der Waals surface area contributed by atoms with Gasteiger partial charge < -0.3 is 5.73 Å². The van der Waals surface area contributed by atoms with E-state index in [-0.39, 0.29) is 0 Å². The molecule has 0 bridgehead atoms. The first-order valence-corrected chi connectivity index (χ1v) is 9.77. The molecule has 0 amide bonds. The van der Waals surface area contributed by atoms with Crippen LogP contribution in [0.4, 0.5) is 0 Å². The molecule has 0 aromatic carbocycles. The maximum absolute atomic E-state index is 5.49. The van der Waals surface area contributed by atoms with E-state index in [2.05, 4.69) is 19.1 Å². The van der Waals surface area contributed by atoms with E-state index in [1.54, 1.807) is 0 Å². The molecule has 0 saturated carbocycles. The zero-order chi connectivity index (χ0) is 15.4. The molecule has 0 spiro atoms. The van der Waals surface area contributed by atoms with Gasteiger partial charge in [0.05, 0.1) is 0 Å². The molecule has 0 aliphatic heterocycles. The highest BCUT2D eigenvalue weighted by Crippen LogP contribution is 2.10. The number of allylic oxidation sites excluding steroid dienone is 2. The van der Waals surface area contributed by atoms with E-state index < -0.39 is 0 Å². The molecule has 126 valence electrons. The van der Waals surface area contributed by atoms with Gasteiger partial charge in [-0.3, -0.25) is 0 Å². The number of rotatable bonds is 17. The average molecular weight is 296 g/mol. The molecular weight excluding hydrogens is 254 g/mol. The lowest BCUT2D eigenvalue weighted by Crippen LogP contribution is -1.97. The molecule has 2 N–H and O–H groups in total. The predicted octanol–water partition coefficient (Wildman–Crippen LogP) is 6.76. The third-order valence-electron chi connectivity index (χ3n) is 4.22. The van der Waals surface area contributed by atoms with Crippen molar-refractivity contribution < 1.29 is 0 Å². The highest BCUT2D eigenvalue weighted by atomic mass is 14.5. The second-order valence-electron chi connectivity index (χ2n) is 6.43. The Hall–Kier alpha value is -0.300. The van der Waals surface area contributed by atoms with Crippen molar-refractivity contribution >= 4 is 0 Å². The van der Waals surface area contributed by atoms with Crippen molar-refractivity contribution in [3.8, 4) is 0 Å². The Labute approximate surface area is 134 Å². The van der Waals surface area contributed by atoms with Crippen molar-refractivity contribution in [1.82, 2.24) is 0 Å². The average Bonchev–Trinajstić information content (AvgIpc) is 2.50. The monoisotopic (exact) mass is 295 g/mol. The van der Waals surface area contributed by atoms with Gasteiger partial charge in [-0.2, -0.15) is 0 Å². The molecule has 0 saturated heterocycles. The van der Waals surface area contributed by atoms with Gasteiger partial charge >= 0.3 is 0 Å². The van der Waals surface area contributed by atoms with E-state index in [9.17, 15) is 0 Å². The van der Waals surface area contributed by atoms with Crippen LogP contribution in [0.1, 0.15) is 110 Å². The lowest BCUT2D eigenvalue weighted by molar-refractivity contribution is 0.571. The normalized spacial score (nSPS) is 11.5. The van der Waals surface area contributed by atoms with E-state index in [0.29, 0.717) is 0 Å². The fourth-order valence-corrected chi connectivity index (χ4v) is 2.75. The lowest BCUT2D eigenvalue weighted by atomic mass is 10.1. The molecule has 0 unspecified atom stereocenters. The summed E-state index contributed by atoms with van der Waals surface area (Å²) in [5.74, 6) is 0. The summed E-state index contributed by atoms with van der Waals surface area (Å²) in [7, 11) is 0. The summed E-state index contributed by atoms with van der Waals surface area (Å²) in [6, 6.07) is 0. The third kappa shape index (κ3) is 19.7. The van der Waals surface area contributed by atoms with Crippen LogP contribution >= 0.6 is 0 Å². The summed E-state index contributed by atoms with van der Waals surface area (Å²) < 4.78 is 0. The van der Waals surface area contributed by atoms with Crippen LogP contribution in [-0.4, -0.2) is 6.54 Å². The molecule has 0 aliphatic carbocycles. The van der Waals surface area contributed by atoms with Crippen molar-refractivity contribution in [2.45, 2.75) is 110 Å². The van der Waals surface area contributed by atoms with Crippen LogP contribution in [0.25, 0.3) is 0 Å². The van der Waals surface area contributed by atoms with Crippen LogP contribution in [-0.2, 0) is 0 Å². The Morgan fingerprint density at radius 3 is 1.33 bits per heavy atom. The van der Waals surface area contributed by atoms with Gasteiger partial charge in [-0.15, -0.1) is 0 Å². The quantitative estimate of drug-likeness (QED) is 0.233. The molecule has 1 heteroatoms. The largest absolute Gasteiger partial charge is 0.330 e. The van der Waals surface area contributed by atoms with Gasteiger partial charge in [0.15, 0.2) is 0 Å². The molecule has 1 nitrogen and oxygen atoms in total. The van der Waals surface area contributed by atoms with Gasteiger partial charge in [0.25, 0.3) is 0 Å². The van der Waals surface area contributed by atoms with E-state index in [1.165, 1.54) is 103 Å². The van der Waals surface area contributed by atoms with Crippen molar-refractivity contribution in [3.05, 3.63) is 12.2 Å². The molecule has 0 radical (unpaired) electrons. The summed E-state index contributed by atoms with van der Waals surface area (Å²) in [6.45, 7) is 3.15. The first-order valence-electron chi connectivity index (χ1n) is 9.77. The van der Waals surface area contributed by atoms with Crippen LogP contribution in [0, 0.1) is 0 Å². The SMILES string of the molecule is CCCCCCCC/C=C/CCCCCCCCCCN. The predicted molar refractivity (Wildman–Crippen MR) is 97.7 cm³/mol. The van der Waals surface area contributed by atoms with Crippen molar-refractivity contribution in [2.75, 3.05) is 6.54 Å². The van der Waals surface area contributed by atoms with E-state index in [1.807, 2.05) is 0 Å². The Balaban J connectivity index is 3.02. The van der Waals surface area contributed by atoms with E-state index in [0.717, 1.165) is 6.54 Å². The summed E-state index contributed by atoms with van der Waals surface area (Å²) in [5, 5.41) is 0. The zero-order valence-electron chi connectivity index (χ0n) is 14.8. The van der Waals surface area contributed by atoms with Crippen molar-refractivity contribution in [2.24, 2.45) is 5.73 Å². The minimum atomic E-state index is 0.866. The number of hydrogen-bond acceptors (Lipinski definition) is 1. The fourth-order valence-electron chi connectivity index (χ4n) is 2.75. The minimum Gasteiger partial charge on any atom is -0.330 e. The molecule has 21 heavy (non-hydrogen) atoms. The molecule has 0 atom stereocenters. The van der Waals surface area contributed by atoms with Crippen LogP contribution in [0.3, 0.4) is 0 Å². The van der Waals surface area contributed by atoms with Gasteiger partial charge in [-0.05, 0) is 38.6 Å². The fraction of sp³-hybridized carbons (Fsp3) is 0.900. The van der Waals surface area contributed by atoms with Gasteiger partial charge in [0, 0.05) is 0 Å². The second-order valence-corrected chi connectivity index (χ2v) is 6.43. The standard InChI is InChI=1S/C20H41N/c1-2-3-4-5-6-7-8-9-10-11-12-13-14-15-16-17-18-19-20-21/h9-10H,2-8,11-21H2,1H3/b10-9+. The molecule has 0 aromatic heterocycles. The topological polar surface area (TPSA) is 26.0 Å². The molecule has 0 rings (SSSR count). The minimum absolute atomic E-state index is 0.866. The Morgan fingerprint density at radius 2 is 0.905 bits per heavy atom. The van der Waals surface area contributed by atoms with E-state index >= 15 is 0 Å². The summed E-state index contributed by atoms with van der Waals surface area (Å²) in [5.41, 5.74) is 5.49. The second kappa shape index (κ2) is 19.7. The molecule has 0 heterocycles. The maximum atomic E-state index is 5.49. The van der Waals surface area contributed by atoms with Crippen LogP contribution in [0.2, 0.25) is 0 Å². The third-order valence-corrected chi connectivity index (χ3v) is 4.22. The molecular formula is C20H41N. The highest BCUT2D eigenvalue weighted by Gasteiger charge is 1.91. The highest BCUT2D eigenvalue weighted by molar-refractivity contribution is 4.81. The van der Waals surface area contributed by atoms with Crippen molar-refractivity contribution in [1.29, 1.82) is 0 Å². The lowest BCUT2D eigenvalue weighted by Gasteiger charge is -2.00. The van der Waals surface area contributed by atoms with E-state index in [4.69, 9.17) is 5.73 Å². The summed E-state index contributed by atoms with van der Waals surface area (Å²) >= 11 is 0. The molecule has 0 aliphatic rings.